The first-order chi connectivity index (χ1) is 14.4. The molecule has 0 aromatic heterocycles. The highest BCUT2D eigenvalue weighted by Crippen LogP contribution is 2.19. The number of benzene rings is 2. The van der Waals surface area contributed by atoms with Gasteiger partial charge in [0, 0.05) is 19.5 Å². The average molecular weight is 431 g/mol. The van der Waals surface area contributed by atoms with Gasteiger partial charge >= 0.3 is 0 Å². The number of rotatable bonds is 8. The van der Waals surface area contributed by atoms with Gasteiger partial charge in [0.05, 0.1) is 24.2 Å². The van der Waals surface area contributed by atoms with E-state index in [9.17, 15) is 13.2 Å². The Labute approximate surface area is 179 Å². The third-order valence-electron chi connectivity index (χ3n) is 5.44. The van der Waals surface area contributed by atoms with Gasteiger partial charge in [-0.1, -0.05) is 43.3 Å². The molecular weight excluding hydrogens is 400 g/mol. The van der Waals surface area contributed by atoms with Crippen LogP contribution in [0.2, 0.25) is 0 Å². The molecule has 1 aliphatic rings. The summed E-state index contributed by atoms with van der Waals surface area (Å²) in [5.41, 5.74) is 3.29. The minimum atomic E-state index is -3.49. The molecule has 3 rings (SSSR count). The lowest BCUT2D eigenvalue weighted by Gasteiger charge is -2.26. The van der Waals surface area contributed by atoms with E-state index < -0.39 is 10.0 Å². The Hall–Kier alpha value is -2.22. The molecule has 0 radical (unpaired) electrons. The molecule has 1 amide bonds. The van der Waals surface area contributed by atoms with Gasteiger partial charge in [0.15, 0.2) is 0 Å². The van der Waals surface area contributed by atoms with Crippen LogP contribution in [0.4, 0.5) is 0 Å². The van der Waals surface area contributed by atoms with Crippen molar-refractivity contribution in [2.75, 3.05) is 26.3 Å². The molecule has 6 nitrogen and oxygen atoms in total. The second kappa shape index (κ2) is 10.2. The molecule has 1 N–H and O–H groups in total. The van der Waals surface area contributed by atoms with E-state index >= 15 is 0 Å². The molecule has 1 heterocycles. The molecular formula is C23H30N2O4S. The van der Waals surface area contributed by atoms with E-state index in [1.807, 2.05) is 6.92 Å². The Bertz CT molecular complexity index is 934. The van der Waals surface area contributed by atoms with Crippen molar-refractivity contribution in [2.45, 2.75) is 44.0 Å². The maximum absolute atomic E-state index is 12.7. The molecule has 2 aromatic rings. The van der Waals surface area contributed by atoms with E-state index in [0.29, 0.717) is 39.1 Å². The number of ether oxygens (including phenoxy) is 1. The van der Waals surface area contributed by atoms with Crippen LogP contribution in [0.1, 0.15) is 43.0 Å². The Morgan fingerprint density at radius 2 is 1.63 bits per heavy atom. The first-order valence-corrected chi connectivity index (χ1v) is 11.9. The van der Waals surface area contributed by atoms with E-state index in [2.05, 4.69) is 36.5 Å². The lowest BCUT2D eigenvalue weighted by atomic mass is 10.0. The summed E-state index contributed by atoms with van der Waals surface area (Å²) in [6, 6.07) is 15.0. The first-order valence-electron chi connectivity index (χ1n) is 10.4. The van der Waals surface area contributed by atoms with Crippen molar-refractivity contribution in [1.82, 2.24) is 9.62 Å². The number of sulfonamides is 1. The lowest BCUT2D eigenvalue weighted by Crippen LogP contribution is -2.40. The Morgan fingerprint density at radius 3 is 2.23 bits per heavy atom. The number of carbonyl (C=O) groups is 1. The summed E-state index contributed by atoms with van der Waals surface area (Å²) >= 11 is 0. The van der Waals surface area contributed by atoms with Crippen LogP contribution in [0.15, 0.2) is 53.4 Å². The Morgan fingerprint density at radius 1 is 1.03 bits per heavy atom. The number of hydrogen-bond acceptors (Lipinski definition) is 4. The first kappa shape index (κ1) is 22.5. The highest BCUT2D eigenvalue weighted by atomic mass is 32.2. The van der Waals surface area contributed by atoms with Crippen molar-refractivity contribution in [2.24, 2.45) is 0 Å². The van der Waals surface area contributed by atoms with Crippen LogP contribution < -0.4 is 5.32 Å². The predicted molar refractivity (Wildman–Crippen MR) is 117 cm³/mol. The SMILES string of the molecule is CCc1ccc(C(C)NC(=O)CCc2ccc(S(=O)(=O)N3CCOCC3)cc2)cc1. The number of aryl methyl sites for hydroxylation is 2. The molecule has 30 heavy (non-hydrogen) atoms. The zero-order valence-electron chi connectivity index (χ0n) is 17.6. The van der Waals surface area contributed by atoms with E-state index in [-0.39, 0.29) is 16.8 Å². The van der Waals surface area contributed by atoms with E-state index in [1.54, 1.807) is 24.3 Å². The van der Waals surface area contributed by atoms with Crippen molar-refractivity contribution < 1.29 is 17.9 Å². The summed E-state index contributed by atoms with van der Waals surface area (Å²) in [7, 11) is -3.49. The van der Waals surface area contributed by atoms with E-state index in [1.165, 1.54) is 9.87 Å². The fraction of sp³-hybridized carbons (Fsp3) is 0.435. The number of nitrogens with one attached hydrogen (secondary N) is 1. The number of hydrogen-bond donors (Lipinski definition) is 1. The highest BCUT2D eigenvalue weighted by Gasteiger charge is 2.26. The molecule has 162 valence electrons. The Balaban J connectivity index is 1.52. The Kier molecular flexibility index (Phi) is 7.64. The van der Waals surface area contributed by atoms with Crippen LogP contribution in [0, 0.1) is 0 Å². The minimum Gasteiger partial charge on any atom is -0.379 e. The molecule has 7 heteroatoms. The third kappa shape index (κ3) is 5.68. The average Bonchev–Trinajstić information content (AvgIpc) is 2.78. The molecule has 0 bridgehead atoms. The molecule has 1 fully saturated rings. The fourth-order valence-corrected chi connectivity index (χ4v) is 4.87. The zero-order chi connectivity index (χ0) is 21.6. The summed E-state index contributed by atoms with van der Waals surface area (Å²) in [4.78, 5) is 12.6. The van der Waals surface area contributed by atoms with Crippen LogP contribution in [0.5, 0.6) is 0 Å². The van der Waals surface area contributed by atoms with Crippen molar-refractivity contribution in [3.63, 3.8) is 0 Å². The van der Waals surface area contributed by atoms with Crippen LogP contribution >= 0.6 is 0 Å². The molecule has 1 atom stereocenters. The van der Waals surface area contributed by atoms with Gasteiger partial charge in [-0.05, 0) is 48.6 Å². The quantitative estimate of drug-likeness (QED) is 0.698. The maximum atomic E-state index is 12.7. The normalized spacial score (nSPS) is 16.2. The van der Waals surface area contributed by atoms with Gasteiger partial charge in [-0.25, -0.2) is 8.42 Å². The van der Waals surface area contributed by atoms with E-state index in [4.69, 9.17) is 4.74 Å². The largest absolute Gasteiger partial charge is 0.379 e. The second-order valence-electron chi connectivity index (χ2n) is 7.54. The maximum Gasteiger partial charge on any atom is 0.243 e. The van der Waals surface area contributed by atoms with Gasteiger partial charge in [-0.3, -0.25) is 4.79 Å². The zero-order valence-corrected chi connectivity index (χ0v) is 18.5. The minimum absolute atomic E-state index is 0.0212. The van der Waals surface area contributed by atoms with Crippen LogP contribution in [-0.2, 0) is 32.4 Å². The summed E-state index contributed by atoms with van der Waals surface area (Å²) < 4.78 is 32.0. The monoisotopic (exact) mass is 430 g/mol. The van der Waals surface area contributed by atoms with Gasteiger partial charge in [-0.15, -0.1) is 0 Å². The summed E-state index contributed by atoms with van der Waals surface area (Å²) in [5.74, 6) is -0.0212. The van der Waals surface area contributed by atoms with Crippen molar-refractivity contribution in [1.29, 1.82) is 0 Å². The van der Waals surface area contributed by atoms with Crippen molar-refractivity contribution in [3.05, 3.63) is 65.2 Å². The molecule has 1 saturated heterocycles. The molecule has 2 aromatic carbocycles. The standard InChI is InChI=1S/C23H30N2O4S/c1-3-19-4-9-21(10-5-19)18(2)24-23(26)13-8-20-6-11-22(12-7-20)30(27,28)25-14-16-29-17-15-25/h4-7,9-12,18H,3,8,13-17H2,1-2H3,(H,24,26). The van der Waals surface area contributed by atoms with Crippen molar-refractivity contribution >= 4 is 15.9 Å². The smallest absolute Gasteiger partial charge is 0.243 e. The molecule has 1 aliphatic heterocycles. The van der Waals surface area contributed by atoms with E-state index in [0.717, 1.165) is 17.5 Å². The van der Waals surface area contributed by atoms with Gasteiger partial charge in [0.25, 0.3) is 0 Å². The van der Waals surface area contributed by atoms with Crippen LogP contribution in [0.25, 0.3) is 0 Å². The molecule has 1 unspecified atom stereocenters. The number of amides is 1. The summed E-state index contributed by atoms with van der Waals surface area (Å²) in [5, 5.41) is 3.03. The van der Waals surface area contributed by atoms with Crippen LogP contribution in [0.3, 0.4) is 0 Å². The topological polar surface area (TPSA) is 75.7 Å². The number of nitrogens with zero attached hydrogens (tertiary/aromatic N) is 1. The number of morpholine rings is 1. The van der Waals surface area contributed by atoms with Gasteiger partial charge in [0.1, 0.15) is 0 Å². The summed E-state index contributed by atoms with van der Waals surface area (Å²) in [6.45, 7) is 5.70. The highest BCUT2D eigenvalue weighted by molar-refractivity contribution is 7.89. The van der Waals surface area contributed by atoms with Crippen LogP contribution in [-0.4, -0.2) is 44.9 Å². The summed E-state index contributed by atoms with van der Waals surface area (Å²) in [6.07, 6.45) is 1.91. The molecule has 0 aliphatic carbocycles. The van der Waals surface area contributed by atoms with Gasteiger partial charge < -0.3 is 10.1 Å². The lowest BCUT2D eigenvalue weighted by molar-refractivity contribution is -0.121. The van der Waals surface area contributed by atoms with Crippen molar-refractivity contribution in [3.8, 4) is 0 Å². The fourth-order valence-electron chi connectivity index (χ4n) is 3.46. The van der Waals surface area contributed by atoms with Gasteiger partial charge in [-0.2, -0.15) is 4.31 Å². The molecule has 0 spiro atoms. The number of carbonyl (C=O) groups excluding carboxylic acids is 1. The van der Waals surface area contributed by atoms with Gasteiger partial charge in [0.2, 0.25) is 15.9 Å². The third-order valence-corrected chi connectivity index (χ3v) is 7.35. The second-order valence-corrected chi connectivity index (χ2v) is 9.48. The molecule has 0 saturated carbocycles. The predicted octanol–water partition coefficient (Wildman–Crippen LogP) is 3.08.